The van der Waals surface area contributed by atoms with Gasteiger partial charge in [-0.3, -0.25) is 14.5 Å². The number of para-hydroxylation sites is 2. The van der Waals surface area contributed by atoms with E-state index in [1.54, 1.807) is 62.8 Å². The molecule has 5 rings (SSSR count). The van der Waals surface area contributed by atoms with Gasteiger partial charge in [0.2, 0.25) is 5.91 Å². The number of nitrogens with one attached hydrogen (secondary N) is 1. The van der Waals surface area contributed by atoms with E-state index >= 15 is 0 Å². The molecule has 0 spiro atoms. The third kappa shape index (κ3) is 6.25. The van der Waals surface area contributed by atoms with Crippen LogP contribution in [-0.4, -0.2) is 51.9 Å². The minimum absolute atomic E-state index is 0.0127. The molecule has 1 aliphatic carbocycles. The zero-order chi connectivity index (χ0) is 29.5. The first-order valence-corrected chi connectivity index (χ1v) is 14.5. The van der Waals surface area contributed by atoms with Crippen LogP contribution in [0, 0.1) is 0 Å². The van der Waals surface area contributed by atoms with Crippen LogP contribution >= 0.6 is 0 Å². The third-order valence-electron chi connectivity index (χ3n) is 7.62. The highest BCUT2D eigenvalue weighted by Gasteiger charge is 2.38. The maximum Gasteiger partial charge on any atom is 0.259 e. The Labute approximate surface area is 246 Å². The first-order chi connectivity index (χ1) is 20.5. The molecule has 2 amide bonds. The fourth-order valence-electron chi connectivity index (χ4n) is 5.59. The maximum absolute atomic E-state index is 14.7. The highest BCUT2D eigenvalue weighted by atomic mass is 16.6. The molecule has 1 heterocycles. The fourth-order valence-corrected chi connectivity index (χ4v) is 5.59. The third-order valence-corrected chi connectivity index (χ3v) is 7.62. The summed E-state index contributed by atoms with van der Waals surface area (Å²) in [4.78, 5) is 30.6. The molecule has 1 N–H and O–H groups in total. The molecular formula is C33H38N2O7. The molecule has 0 saturated heterocycles. The Bertz CT molecular complexity index is 1400. The van der Waals surface area contributed by atoms with E-state index in [1.165, 1.54) is 4.90 Å². The topological polar surface area (TPSA) is 95.6 Å². The van der Waals surface area contributed by atoms with Gasteiger partial charge in [0, 0.05) is 17.2 Å². The number of anilines is 1. The average Bonchev–Trinajstić information content (AvgIpc) is 3.03. The minimum atomic E-state index is -1.11. The Morgan fingerprint density at radius 2 is 1.67 bits per heavy atom. The number of hydrogen-bond acceptors (Lipinski definition) is 7. The predicted octanol–water partition coefficient (Wildman–Crippen LogP) is 5.71. The lowest BCUT2D eigenvalue weighted by Gasteiger charge is -2.35. The van der Waals surface area contributed by atoms with Gasteiger partial charge in [-0.05, 0) is 68.3 Å². The summed E-state index contributed by atoms with van der Waals surface area (Å²) in [5.41, 5.74) is 1.28. The molecule has 9 heteroatoms. The van der Waals surface area contributed by atoms with E-state index in [0.29, 0.717) is 65.4 Å². The molecule has 0 aromatic heterocycles. The first kappa shape index (κ1) is 29.1. The van der Waals surface area contributed by atoms with Gasteiger partial charge in [0.25, 0.3) is 5.91 Å². The number of fused-ring (bicyclic) bond motifs is 1. The van der Waals surface area contributed by atoms with Crippen LogP contribution in [0.15, 0.2) is 60.7 Å². The van der Waals surface area contributed by atoms with Crippen molar-refractivity contribution in [2.45, 2.75) is 51.1 Å². The normalized spacial score (nSPS) is 15.3. The lowest BCUT2D eigenvalue weighted by molar-refractivity contribution is -0.123. The van der Waals surface area contributed by atoms with Crippen molar-refractivity contribution in [3.05, 3.63) is 71.8 Å². The van der Waals surface area contributed by atoms with Gasteiger partial charge >= 0.3 is 0 Å². The second kappa shape index (κ2) is 13.5. The van der Waals surface area contributed by atoms with Gasteiger partial charge in [-0.25, -0.2) is 0 Å². The molecule has 0 unspecified atom stereocenters. The number of carbonyl (C=O) groups excluding carboxylic acids is 2. The van der Waals surface area contributed by atoms with Crippen molar-refractivity contribution in [1.29, 1.82) is 0 Å². The van der Waals surface area contributed by atoms with Gasteiger partial charge in [0.15, 0.2) is 11.5 Å². The Hall–Kier alpha value is -4.40. The van der Waals surface area contributed by atoms with Gasteiger partial charge < -0.3 is 29.0 Å². The molecule has 42 heavy (non-hydrogen) atoms. The van der Waals surface area contributed by atoms with Crippen molar-refractivity contribution in [2.75, 3.05) is 38.9 Å². The maximum atomic E-state index is 14.7. The van der Waals surface area contributed by atoms with Crippen LogP contribution in [0.5, 0.6) is 28.7 Å². The van der Waals surface area contributed by atoms with Gasteiger partial charge in [-0.15, -0.1) is 0 Å². The average molecular weight is 575 g/mol. The standard InChI is InChI=1S/C33H38N2O7/c1-4-40-28-13-9-8-12-26(28)35(33(37)22-14-16-29-30(20-22)42-19-18-41-29)31(32(36)34-23-10-6-5-7-11-23)25-21-24(38-2)15-17-27(25)39-3/h8-9,12-17,20-21,23,31H,4-7,10-11,18-19H2,1-3H3,(H,34,36)/t31-/m0/s1. The molecule has 2 aliphatic rings. The summed E-state index contributed by atoms with van der Waals surface area (Å²) in [5.74, 6) is 1.79. The number of carbonyl (C=O) groups is 2. The first-order valence-electron chi connectivity index (χ1n) is 14.5. The summed E-state index contributed by atoms with van der Waals surface area (Å²) < 4.78 is 28.7. The smallest absolute Gasteiger partial charge is 0.259 e. The zero-order valence-corrected chi connectivity index (χ0v) is 24.4. The fraction of sp³-hybridized carbons (Fsp3) is 0.394. The second-order valence-electron chi connectivity index (χ2n) is 10.3. The van der Waals surface area contributed by atoms with E-state index in [4.69, 9.17) is 23.7 Å². The van der Waals surface area contributed by atoms with Gasteiger partial charge in [-0.1, -0.05) is 31.4 Å². The van der Waals surface area contributed by atoms with Crippen molar-refractivity contribution < 1.29 is 33.3 Å². The quantitative estimate of drug-likeness (QED) is 0.331. The van der Waals surface area contributed by atoms with Crippen LogP contribution in [-0.2, 0) is 4.79 Å². The highest BCUT2D eigenvalue weighted by molar-refractivity contribution is 6.11. The molecule has 1 fully saturated rings. The van der Waals surface area contributed by atoms with Crippen LogP contribution in [0.25, 0.3) is 0 Å². The SMILES string of the molecule is CCOc1ccccc1N(C(=O)c1ccc2c(c1)OCCO2)[C@H](C(=O)NC1CCCCC1)c1cc(OC)ccc1OC. The molecule has 222 valence electrons. The van der Waals surface area contributed by atoms with E-state index < -0.39 is 11.9 Å². The summed E-state index contributed by atoms with van der Waals surface area (Å²) in [5, 5.41) is 3.25. The molecule has 1 atom stereocenters. The van der Waals surface area contributed by atoms with Crippen LogP contribution in [0.1, 0.15) is 61.0 Å². The summed E-state index contributed by atoms with van der Waals surface area (Å²) in [6.45, 7) is 3.08. The largest absolute Gasteiger partial charge is 0.497 e. The summed E-state index contributed by atoms with van der Waals surface area (Å²) in [7, 11) is 3.10. The number of ether oxygens (including phenoxy) is 5. The molecule has 1 aliphatic heterocycles. The Kier molecular flexibility index (Phi) is 9.36. The molecule has 9 nitrogen and oxygen atoms in total. The molecule has 3 aromatic rings. The van der Waals surface area contributed by atoms with E-state index in [0.717, 1.165) is 32.1 Å². The van der Waals surface area contributed by atoms with Crippen molar-refractivity contribution in [3.8, 4) is 28.7 Å². The number of amides is 2. The van der Waals surface area contributed by atoms with Crippen molar-refractivity contribution >= 4 is 17.5 Å². The van der Waals surface area contributed by atoms with Crippen LogP contribution in [0.4, 0.5) is 5.69 Å². The highest BCUT2D eigenvalue weighted by Crippen LogP contribution is 2.41. The zero-order valence-electron chi connectivity index (χ0n) is 24.4. The van der Waals surface area contributed by atoms with E-state index in [9.17, 15) is 9.59 Å². The lowest BCUT2D eigenvalue weighted by atomic mass is 9.94. The summed E-state index contributed by atoms with van der Waals surface area (Å²) in [6, 6.07) is 16.5. The van der Waals surface area contributed by atoms with E-state index in [2.05, 4.69) is 5.32 Å². The number of hydrogen-bond donors (Lipinski definition) is 1. The summed E-state index contributed by atoms with van der Waals surface area (Å²) >= 11 is 0. The molecule has 1 saturated carbocycles. The van der Waals surface area contributed by atoms with Crippen LogP contribution < -0.4 is 33.9 Å². The Balaban J connectivity index is 1.69. The Morgan fingerprint density at radius 1 is 0.905 bits per heavy atom. The monoisotopic (exact) mass is 574 g/mol. The predicted molar refractivity (Wildman–Crippen MR) is 159 cm³/mol. The molecule has 0 radical (unpaired) electrons. The van der Waals surface area contributed by atoms with Gasteiger partial charge in [-0.2, -0.15) is 0 Å². The lowest BCUT2D eigenvalue weighted by Crippen LogP contribution is -2.47. The Morgan fingerprint density at radius 3 is 2.40 bits per heavy atom. The number of nitrogens with zero attached hydrogens (tertiary/aromatic N) is 1. The van der Waals surface area contributed by atoms with Crippen LogP contribution in [0.3, 0.4) is 0 Å². The van der Waals surface area contributed by atoms with Crippen molar-refractivity contribution in [3.63, 3.8) is 0 Å². The van der Waals surface area contributed by atoms with Crippen molar-refractivity contribution in [1.82, 2.24) is 5.32 Å². The van der Waals surface area contributed by atoms with Gasteiger partial charge in [0.1, 0.15) is 36.5 Å². The van der Waals surface area contributed by atoms with Gasteiger partial charge in [0.05, 0.1) is 26.5 Å². The van der Waals surface area contributed by atoms with Crippen molar-refractivity contribution in [2.24, 2.45) is 0 Å². The van der Waals surface area contributed by atoms with Crippen LogP contribution in [0.2, 0.25) is 0 Å². The molecule has 0 bridgehead atoms. The number of methoxy groups -OCH3 is 2. The summed E-state index contributed by atoms with van der Waals surface area (Å²) in [6.07, 6.45) is 5.02. The van der Waals surface area contributed by atoms with E-state index in [-0.39, 0.29) is 11.9 Å². The molecular weight excluding hydrogens is 536 g/mol. The molecule has 3 aromatic carbocycles. The number of benzene rings is 3. The second-order valence-corrected chi connectivity index (χ2v) is 10.3. The number of rotatable bonds is 10. The van der Waals surface area contributed by atoms with E-state index in [1.807, 2.05) is 19.1 Å². The minimum Gasteiger partial charge on any atom is -0.497 e.